The van der Waals surface area contributed by atoms with Gasteiger partial charge < -0.3 is 19.9 Å². The molecule has 1 saturated carbocycles. The fraction of sp³-hybridized carbons (Fsp3) is 0.565. The summed E-state index contributed by atoms with van der Waals surface area (Å²) >= 11 is 3.54. The number of methoxy groups -OCH3 is 1. The van der Waals surface area contributed by atoms with Crippen LogP contribution in [0.1, 0.15) is 31.2 Å². The molecule has 1 aromatic carbocycles. The van der Waals surface area contributed by atoms with Crippen molar-refractivity contribution in [2.24, 2.45) is 16.6 Å². The van der Waals surface area contributed by atoms with Crippen LogP contribution < -0.4 is 10.5 Å². The monoisotopic (exact) mass is 498 g/mol. The van der Waals surface area contributed by atoms with Gasteiger partial charge in [-0.05, 0) is 31.4 Å². The Labute approximate surface area is 200 Å². The van der Waals surface area contributed by atoms with E-state index >= 15 is 0 Å². The molecule has 33 heavy (non-hydrogen) atoms. The topological polar surface area (TPSA) is 83.1 Å². The molecule has 1 aromatic rings. The van der Waals surface area contributed by atoms with Crippen molar-refractivity contribution in [1.82, 2.24) is 0 Å². The molecular weight excluding hydrogens is 470 g/mol. The number of nitrogens with two attached hydrogens (primary N) is 1. The zero-order valence-corrected chi connectivity index (χ0v) is 20.1. The lowest BCUT2D eigenvalue weighted by atomic mass is 9.81. The predicted molar refractivity (Wildman–Crippen MR) is 128 cm³/mol. The van der Waals surface area contributed by atoms with Crippen molar-refractivity contribution < 1.29 is 27.8 Å². The van der Waals surface area contributed by atoms with Crippen LogP contribution in [0.15, 0.2) is 34.8 Å². The molecule has 0 amide bonds. The number of rotatable bonds is 5. The number of alkyl halides is 2. The number of aliphatic imine (C=N–C) groups is 1. The van der Waals surface area contributed by atoms with Crippen LogP contribution in [0.25, 0.3) is 5.70 Å². The van der Waals surface area contributed by atoms with Crippen LogP contribution in [-0.2, 0) is 14.3 Å². The van der Waals surface area contributed by atoms with Crippen LogP contribution in [0.5, 0.6) is 5.75 Å². The van der Waals surface area contributed by atoms with Gasteiger partial charge in [-0.2, -0.15) is 8.78 Å². The first-order valence-electron chi connectivity index (χ1n) is 11.0. The van der Waals surface area contributed by atoms with Crippen LogP contribution in [0.2, 0.25) is 0 Å². The molecule has 1 spiro atoms. The molecule has 0 radical (unpaired) electrons. The summed E-state index contributed by atoms with van der Waals surface area (Å²) in [7, 11) is 1.41. The van der Waals surface area contributed by atoms with Crippen LogP contribution in [0, 0.1) is 5.92 Å². The third kappa shape index (κ3) is 5.49. The quantitative estimate of drug-likeness (QED) is 0.605. The Kier molecular flexibility index (Phi) is 7.86. The summed E-state index contributed by atoms with van der Waals surface area (Å²) in [4.78, 5) is 17.7. The van der Waals surface area contributed by atoms with Crippen molar-refractivity contribution in [2.45, 2.75) is 42.4 Å². The van der Waals surface area contributed by atoms with E-state index in [1.807, 2.05) is 0 Å². The van der Waals surface area contributed by atoms with Crippen LogP contribution in [-0.4, -0.2) is 60.2 Å². The van der Waals surface area contributed by atoms with E-state index in [1.165, 1.54) is 19.2 Å². The molecule has 3 aliphatic rings. The molecule has 0 bridgehead atoms. The van der Waals surface area contributed by atoms with Gasteiger partial charge in [0.1, 0.15) is 5.75 Å². The van der Waals surface area contributed by atoms with E-state index in [-0.39, 0.29) is 23.7 Å². The van der Waals surface area contributed by atoms with Gasteiger partial charge in [0.05, 0.1) is 23.1 Å². The Hall–Kier alpha value is -1.78. The Morgan fingerprint density at radius 1 is 1.27 bits per heavy atom. The van der Waals surface area contributed by atoms with Gasteiger partial charge in [-0.25, -0.2) is 0 Å². The first-order chi connectivity index (χ1) is 15.9. The van der Waals surface area contributed by atoms with Crippen molar-refractivity contribution in [2.75, 3.05) is 31.8 Å². The van der Waals surface area contributed by atoms with Gasteiger partial charge in [-0.15, -0.1) is 23.5 Å². The highest BCUT2D eigenvalue weighted by Crippen LogP contribution is 2.57. The summed E-state index contributed by atoms with van der Waals surface area (Å²) in [6.07, 6.45) is 2.65. The maximum atomic E-state index is 12.8. The molecule has 2 aliphatic heterocycles. The van der Waals surface area contributed by atoms with Gasteiger partial charge in [0.2, 0.25) is 0 Å². The molecule has 3 fully saturated rings. The zero-order valence-electron chi connectivity index (χ0n) is 18.4. The number of esters is 1. The normalized spacial score (nSPS) is 26.1. The van der Waals surface area contributed by atoms with Crippen molar-refractivity contribution in [1.29, 1.82) is 0 Å². The number of nitrogens with zero attached hydrogens (tertiary/aromatic N) is 1. The molecule has 0 aromatic heterocycles. The van der Waals surface area contributed by atoms with E-state index in [9.17, 15) is 13.6 Å². The third-order valence-electron chi connectivity index (χ3n) is 6.08. The lowest BCUT2D eigenvalue weighted by Crippen LogP contribution is -2.41. The number of carbonyl (C=O) groups is 1. The second-order valence-corrected chi connectivity index (χ2v) is 11.2. The summed E-state index contributed by atoms with van der Waals surface area (Å²) < 4.78 is 40.3. The Morgan fingerprint density at radius 2 is 2.00 bits per heavy atom. The van der Waals surface area contributed by atoms with Gasteiger partial charge >= 0.3 is 12.6 Å². The average molecular weight is 499 g/mol. The molecule has 1 atom stereocenters. The summed E-state index contributed by atoms with van der Waals surface area (Å²) in [6.45, 7) is -1.61. The highest BCUT2D eigenvalue weighted by Gasteiger charge is 2.50. The molecule has 4 rings (SSSR count). The number of halogens is 2. The van der Waals surface area contributed by atoms with Crippen LogP contribution in [0.4, 0.5) is 8.78 Å². The number of hydrogen-bond acceptors (Lipinski definition) is 8. The summed E-state index contributed by atoms with van der Waals surface area (Å²) in [5.41, 5.74) is 9.56. The maximum Gasteiger partial charge on any atom is 0.387 e. The van der Waals surface area contributed by atoms with E-state index in [0.717, 1.165) is 35.6 Å². The van der Waals surface area contributed by atoms with E-state index in [1.54, 1.807) is 35.7 Å². The number of ether oxygens (including phenoxy) is 3. The molecule has 2 saturated heterocycles. The molecule has 1 aliphatic carbocycles. The largest absolute Gasteiger partial charge is 0.469 e. The maximum absolute atomic E-state index is 12.8. The molecular formula is C23H28F2N2O4S2. The first-order valence-corrected chi connectivity index (χ1v) is 12.9. The lowest BCUT2D eigenvalue weighted by Gasteiger charge is -2.40. The van der Waals surface area contributed by atoms with Crippen molar-refractivity contribution in [3.63, 3.8) is 0 Å². The minimum absolute atomic E-state index is 0.0537. The second-order valence-electron chi connectivity index (χ2n) is 8.19. The van der Waals surface area contributed by atoms with Crippen molar-refractivity contribution >= 4 is 40.9 Å². The van der Waals surface area contributed by atoms with Gasteiger partial charge in [0.25, 0.3) is 0 Å². The highest BCUT2D eigenvalue weighted by molar-refractivity contribution is 8.21. The SMILES string of the molecule is COC(=O)C1CC(=NC2CCOCC2)/C(=C(\N)c2cccc(OC(F)F)c2)C2(C1)SCCS2. The van der Waals surface area contributed by atoms with Gasteiger partial charge in [0, 0.05) is 53.7 Å². The van der Waals surface area contributed by atoms with Gasteiger partial charge in [0.15, 0.2) is 0 Å². The standard InChI is InChI=1S/C23H28F2N2O4S2/c1-29-21(28)15-12-18(27-16-5-7-30-8-6-16)19(23(13-15)32-9-10-33-23)20(26)14-3-2-4-17(11-14)31-22(24)25/h2-4,11,15-16,22H,5-10,12-13,26H2,1H3/b20-19+,27-18?. The van der Waals surface area contributed by atoms with Gasteiger partial charge in [-0.1, -0.05) is 12.1 Å². The molecule has 2 N–H and O–H groups in total. The number of thioether (sulfide) groups is 2. The second kappa shape index (κ2) is 10.7. The predicted octanol–water partition coefficient (Wildman–Crippen LogP) is 4.34. The Balaban J connectivity index is 1.81. The molecule has 10 heteroatoms. The molecule has 6 nitrogen and oxygen atoms in total. The smallest absolute Gasteiger partial charge is 0.387 e. The number of hydrogen-bond donors (Lipinski definition) is 1. The number of carbonyl (C=O) groups excluding carboxylic acids is 1. The van der Waals surface area contributed by atoms with Gasteiger partial charge in [-0.3, -0.25) is 9.79 Å². The summed E-state index contributed by atoms with van der Waals surface area (Å²) in [5, 5.41) is 0. The molecule has 2 heterocycles. The highest BCUT2D eigenvalue weighted by atomic mass is 32.2. The molecule has 1 unspecified atom stereocenters. The van der Waals surface area contributed by atoms with E-state index in [0.29, 0.717) is 37.3 Å². The summed E-state index contributed by atoms with van der Waals surface area (Å²) in [5.74, 6) is 1.35. The number of benzene rings is 1. The van der Waals surface area contributed by atoms with Crippen LogP contribution >= 0.6 is 23.5 Å². The average Bonchev–Trinajstić information content (AvgIpc) is 3.26. The van der Waals surface area contributed by atoms with E-state index in [4.69, 9.17) is 20.2 Å². The minimum atomic E-state index is -2.91. The zero-order chi connectivity index (χ0) is 23.4. The van der Waals surface area contributed by atoms with Crippen molar-refractivity contribution in [3.8, 4) is 5.75 Å². The Bertz CT molecular complexity index is 929. The van der Waals surface area contributed by atoms with E-state index in [2.05, 4.69) is 4.74 Å². The van der Waals surface area contributed by atoms with Crippen molar-refractivity contribution in [3.05, 3.63) is 35.4 Å². The fourth-order valence-electron chi connectivity index (χ4n) is 4.60. The Morgan fingerprint density at radius 3 is 2.67 bits per heavy atom. The fourth-order valence-corrected chi connectivity index (χ4v) is 8.14. The third-order valence-corrected chi connectivity index (χ3v) is 9.54. The first kappa shape index (κ1) is 24.3. The van der Waals surface area contributed by atoms with E-state index < -0.39 is 10.7 Å². The summed E-state index contributed by atoms with van der Waals surface area (Å²) in [6, 6.07) is 6.54. The molecule has 180 valence electrons. The lowest BCUT2D eigenvalue weighted by molar-refractivity contribution is -0.145. The minimum Gasteiger partial charge on any atom is -0.469 e. The van der Waals surface area contributed by atoms with Crippen LogP contribution in [0.3, 0.4) is 0 Å².